The van der Waals surface area contributed by atoms with E-state index < -0.39 is 0 Å². The standard InChI is InChI=1S/C31H33N5OS/c1-34(2)22-12-14-23(15-13-22)35-21-7-11-28(35)30-29(27-10-5-6-20-32-27)33-31(38)36(30)24-16-18-26(19-17-24)37-25-8-3-4-9-25/h5-7,10-21,25,29-30H,3-4,8-9H2,1-2H3,(H,33,38)/t29-,30-/m1/s1. The molecule has 0 unspecified atom stereocenters. The van der Waals surface area contributed by atoms with Crippen LogP contribution in [0.1, 0.15) is 49.2 Å². The van der Waals surface area contributed by atoms with Gasteiger partial charge in [0.15, 0.2) is 5.11 Å². The Morgan fingerprint density at radius 1 is 0.895 bits per heavy atom. The van der Waals surface area contributed by atoms with Gasteiger partial charge in [-0.2, -0.15) is 0 Å². The van der Waals surface area contributed by atoms with Crippen molar-refractivity contribution < 1.29 is 4.74 Å². The molecule has 1 saturated heterocycles. The number of nitrogens with one attached hydrogen (secondary N) is 1. The van der Waals surface area contributed by atoms with Crippen LogP contribution in [0.25, 0.3) is 5.69 Å². The van der Waals surface area contributed by atoms with E-state index in [1.807, 2.05) is 18.3 Å². The summed E-state index contributed by atoms with van der Waals surface area (Å²) in [4.78, 5) is 9.03. The fraction of sp³-hybridized carbons (Fsp3) is 0.290. The molecule has 2 fully saturated rings. The Labute approximate surface area is 229 Å². The van der Waals surface area contributed by atoms with Crippen LogP contribution in [0.5, 0.6) is 5.75 Å². The monoisotopic (exact) mass is 523 g/mol. The summed E-state index contributed by atoms with van der Waals surface area (Å²) in [5.41, 5.74) is 5.39. The largest absolute Gasteiger partial charge is 0.490 e. The quantitative estimate of drug-likeness (QED) is 0.282. The van der Waals surface area contributed by atoms with E-state index in [2.05, 4.69) is 107 Å². The van der Waals surface area contributed by atoms with Crippen molar-refractivity contribution in [3.05, 3.63) is 103 Å². The normalized spacial score (nSPS) is 19.5. The summed E-state index contributed by atoms with van der Waals surface area (Å²) in [6.45, 7) is 0. The first kappa shape index (κ1) is 24.5. The van der Waals surface area contributed by atoms with E-state index in [9.17, 15) is 0 Å². The van der Waals surface area contributed by atoms with Gasteiger partial charge in [-0.1, -0.05) is 6.07 Å². The highest BCUT2D eigenvalue weighted by atomic mass is 32.1. The van der Waals surface area contributed by atoms with E-state index in [0.717, 1.165) is 41.4 Å². The van der Waals surface area contributed by atoms with Crippen LogP contribution >= 0.6 is 12.2 Å². The molecule has 194 valence electrons. The van der Waals surface area contributed by atoms with Crippen LogP contribution in [0, 0.1) is 0 Å². The van der Waals surface area contributed by atoms with Crippen molar-refractivity contribution >= 4 is 28.7 Å². The Morgan fingerprint density at radius 3 is 2.32 bits per heavy atom. The number of ether oxygens (including phenoxy) is 1. The molecular formula is C31H33N5OS. The Balaban J connectivity index is 1.38. The minimum absolute atomic E-state index is 0.0949. The van der Waals surface area contributed by atoms with Crippen molar-refractivity contribution in [1.29, 1.82) is 0 Å². The number of pyridine rings is 1. The van der Waals surface area contributed by atoms with Gasteiger partial charge in [-0.05, 0) is 111 Å². The summed E-state index contributed by atoms with van der Waals surface area (Å²) in [5.74, 6) is 0.918. The van der Waals surface area contributed by atoms with Crippen LogP contribution in [0.2, 0.25) is 0 Å². The predicted molar refractivity (Wildman–Crippen MR) is 157 cm³/mol. The molecule has 7 heteroatoms. The lowest BCUT2D eigenvalue weighted by Gasteiger charge is -2.29. The van der Waals surface area contributed by atoms with Crippen LogP contribution in [0.4, 0.5) is 11.4 Å². The van der Waals surface area contributed by atoms with Gasteiger partial charge < -0.3 is 24.4 Å². The SMILES string of the molecule is CN(C)c1ccc(-n2cccc2[C@@H]2[C@@H](c3ccccn3)NC(=S)N2c2ccc(OC3CCCC3)cc2)cc1. The van der Waals surface area contributed by atoms with Crippen molar-refractivity contribution in [3.63, 3.8) is 0 Å². The van der Waals surface area contributed by atoms with E-state index in [1.165, 1.54) is 18.5 Å². The predicted octanol–water partition coefficient (Wildman–Crippen LogP) is 6.44. The number of benzene rings is 2. The molecule has 6 nitrogen and oxygen atoms in total. The van der Waals surface area contributed by atoms with Crippen molar-refractivity contribution in [1.82, 2.24) is 14.9 Å². The first-order chi connectivity index (χ1) is 18.6. The summed E-state index contributed by atoms with van der Waals surface area (Å²) < 4.78 is 8.48. The second-order valence-electron chi connectivity index (χ2n) is 10.2. The molecule has 38 heavy (non-hydrogen) atoms. The molecule has 1 saturated carbocycles. The van der Waals surface area contributed by atoms with Gasteiger partial charge in [-0.15, -0.1) is 0 Å². The number of thiocarbonyl (C=S) groups is 1. The lowest BCUT2D eigenvalue weighted by atomic mass is 10.0. The molecule has 4 aromatic rings. The Kier molecular flexibility index (Phi) is 6.77. The number of aromatic nitrogens is 2. The average molecular weight is 524 g/mol. The van der Waals surface area contributed by atoms with Gasteiger partial charge in [0, 0.05) is 49.2 Å². The third-order valence-electron chi connectivity index (χ3n) is 7.55. The molecule has 1 aliphatic carbocycles. The number of hydrogen-bond acceptors (Lipinski definition) is 4. The van der Waals surface area contributed by atoms with Gasteiger partial charge >= 0.3 is 0 Å². The zero-order chi connectivity index (χ0) is 26.1. The Bertz CT molecular complexity index is 1380. The third kappa shape index (κ3) is 4.74. The fourth-order valence-corrected chi connectivity index (χ4v) is 5.94. The fourth-order valence-electron chi connectivity index (χ4n) is 5.60. The topological polar surface area (TPSA) is 45.6 Å². The highest BCUT2D eigenvalue weighted by Gasteiger charge is 2.42. The molecule has 1 N–H and O–H groups in total. The molecule has 2 aliphatic rings. The second-order valence-corrected chi connectivity index (χ2v) is 10.6. The molecule has 2 atom stereocenters. The van der Waals surface area contributed by atoms with Crippen LogP contribution in [0.3, 0.4) is 0 Å². The molecule has 6 rings (SSSR count). The molecule has 1 aliphatic heterocycles. The van der Waals surface area contributed by atoms with E-state index in [4.69, 9.17) is 21.9 Å². The van der Waals surface area contributed by atoms with Crippen molar-refractivity contribution in [2.24, 2.45) is 0 Å². The molecule has 2 aromatic heterocycles. The zero-order valence-corrected chi connectivity index (χ0v) is 22.6. The first-order valence-electron chi connectivity index (χ1n) is 13.3. The van der Waals surface area contributed by atoms with Crippen molar-refractivity contribution in [2.75, 3.05) is 23.9 Å². The molecule has 0 spiro atoms. The summed E-state index contributed by atoms with van der Waals surface area (Å²) in [7, 11) is 4.11. The molecule has 2 aromatic carbocycles. The summed E-state index contributed by atoms with van der Waals surface area (Å²) >= 11 is 5.95. The van der Waals surface area contributed by atoms with E-state index in [-0.39, 0.29) is 12.1 Å². The van der Waals surface area contributed by atoms with Gasteiger partial charge in [0.25, 0.3) is 0 Å². The summed E-state index contributed by atoms with van der Waals surface area (Å²) in [5, 5.41) is 4.26. The summed E-state index contributed by atoms with van der Waals surface area (Å²) in [6.07, 6.45) is 9.08. The molecule has 0 bridgehead atoms. The van der Waals surface area contributed by atoms with Crippen LogP contribution < -0.4 is 19.9 Å². The molecule has 3 heterocycles. The van der Waals surface area contributed by atoms with Crippen LogP contribution in [-0.4, -0.2) is 34.9 Å². The maximum Gasteiger partial charge on any atom is 0.174 e. The van der Waals surface area contributed by atoms with Gasteiger partial charge in [-0.3, -0.25) is 4.98 Å². The first-order valence-corrected chi connectivity index (χ1v) is 13.7. The number of rotatable bonds is 7. The van der Waals surface area contributed by atoms with Crippen molar-refractivity contribution in [3.8, 4) is 11.4 Å². The zero-order valence-electron chi connectivity index (χ0n) is 21.8. The van der Waals surface area contributed by atoms with E-state index >= 15 is 0 Å². The number of hydrogen-bond donors (Lipinski definition) is 1. The number of anilines is 2. The maximum absolute atomic E-state index is 6.23. The average Bonchev–Trinajstić information content (AvgIpc) is 3.70. The molecular weight excluding hydrogens is 490 g/mol. The minimum atomic E-state index is -0.104. The lowest BCUT2D eigenvalue weighted by Crippen LogP contribution is -2.30. The van der Waals surface area contributed by atoms with Gasteiger partial charge in [0.05, 0.1) is 17.8 Å². The Morgan fingerprint density at radius 2 is 1.63 bits per heavy atom. The van der Waals surface area contributed by atoms with E-state index in [0.29, 0.717) is 11.2 Å². The maximum atomic E-state index is 6.23. The number of nitrogens with zero attached hydrogens (tertiary/aromatic N) is 4. The van der Waals surface area contributed by atoms with Crippen LogP contribution in [0.15, 0.2) is 91.3 Å². The molecule has 0 amide bonds. The van der Waals surface area contributed by atoms with Crippen molar-refractivity contribution in [2.45, 2.75) is 43.9 Å². The second kappa shape index (κ2) is 10.5. The minimum Gasteiger partial charge on any atom is -0.490 e. The van der Waals surface area contributed by atoms with Gasteiger partial charge in [0.1, 0.15) is 11.8 Å². The highest BCUT2D eigenvalue weighted by molar-refractivity contribution is 7.80. The van der Waals surface area contributed by atoms with E-state index in [1.54, 1.807) is 0 Å². The third-order valence-corrected chi connectivity index (χ3v) is 7.86. The lowest BCUT2D eigenvalue weighted by molar-refractivity contribution is 0.210. The highest BCUT2D eigenvalue weighted by Crippen LogP contribution is 2.42. The molecule has 0 radical (unpaired) electrons. The Hall–Kier alpha value is -3.84. The summed E-state index contributed by atoms with van der Waals surface area (Å²) in [6, 6.07) is 27.1. The van der Waals surface area contributed by atoms with Crippen LogP contribution in [-0.2, 0) is 0 Å². The van der Waals surface area contributed by atoms with Gasteiger partial charge in [0.2, 0.25) is 0 Å². The smallest absolute Gasteiger partial charge is 0.174 e. The van der Waals surface area contributed by atoms with Gasteiger partial charge in [-0.25, -0.2) is 0 Å².